The van der Waals surface area contributed by atoms with Gasteiger partial charge in [0.05, 0.1) is 10.7 Å². The average molecular weight is 339 g/mol. The SMILES string of the molecule is CC1NNC(C)C1/C=C(/C#N)C(=O)Nc1ccc(Cl)cc1Cl. The number of benzene rings is 1. The number of carbonyl (C=O) groups excluding carboxylic acids is 1. The van der Waals surface area contributed by atoms with Crippen LogP contribution in [0, 0.1) is 17.2 Å². The van der Waals surface area contributed by atoms with Gasteiger partial charge in [-0.05, 0) is 32.0 Å². The molecule has 1 aliphatic heterocycles. The second kappa shape index (κ2) is 7.12. The summed E-state index contributed by atoms with van der Waals surface area (Å²) in [5.74, 6) is -0.445. The first kappa shape index (κ1) is 16.8. The molecule has 0 aromatic heterocycles. The lowest BCUT2D eigenvalue weighted by atomic mass is 9.94. The third-order valence-corrected chi connectivity index (χ3v) is 4.14. The van der Waals surface area contributed by atoms with Crippen molar-refractivity contribution in [3.8, 4) is 6.07 Å². The molecule has 1 amide bonds. The minimum Gasteiger partial charge on any atom is -0.320 e. The molecule has 3 N–H and O–H groups in total. The van der Waals surface area contributed by atoms with Gasteiger partial charge in [0.15, 0.2) is 0 Å². The lowest BCUT2D eigenvalue weighted by molar-refractivity contribution is -0.112. The van der Waals surface area contributed by atoms with Crippen molar-refractivity contribution >= 4 is 34.8 Å². The summed E-state index contributed by atoms with van der Waals surface area (Å²) in [6, 6.07) is 6.95. The van der Waals surface area contributed by atoms with E-state index in [9.17, 15) is 10.1 Å². The zero-order valence-corrected chi connectivity index (χ0v) is 13.7. The molecule has 0 aliphatic carbocycles. The minimum atomic E-state index is -0.488. The van der Waals surface area contributed by atoms with Crippen molar-refractivity contribution in [1.82, 2.24) is 10.9 Å². The van der Waals surface area contributed by atoms with Gasteiger partial charge < -0.3 is 5.32 Å². The number of nitrogens with zero attached hydrogens (tertiary/aromatic N) is 1. The lowest BCUT2D eigenvalue weighted by Crippen LogP contribution is -2.30. The smallest absolute Gasteiger partial charge is 0.266 e. The predicted molar refractivity (Wildman–Crippen MR) is 87.5 cm³/mol. The number of carbonyl (C=O) groups is 1. The van der Waals surface area contributed by atoms with Gasteiger partial charge in [0.25, 0.3) is 5.91 Å². The Morgan fingerprint density at radius 3 is 2.50 bits per heavy atom. The largest absolute Gasteiger partial charge is 0.320 e. The Morgan fingerprint density at radius 1 is 1.32 bits per heavy atom. The highest BCUT2D eigenvalue weighted by Gasteiger charge is 2.29. The van der Waals surface area contributed by atoms with Crippen LogP contribution in [-0.4, -0.2) is 18.0 Å². The Balaban J connectivity index is 2.17. The molecule has 2 unspecified atom stereocenters. The fourth-order valence-electron chi connectivity index (χ4n) is 2.31. The quantitative estimate of drug-likeness (QED) is 0.585. The van der Waals surface area contributed by atoms with Crippen molar-refractivity contribution in [2.45, 2.75) is 25.9 Å². The summed E-state index contributed by atoms with van der Waals surface area (Å²) < 4.78 is 0. The summed E-state index contributed by atoms with van der Waals surface area (Å²) in [5.41, 5.74) is 6.64. The van der Waals surface area contributed by atoms with Crippen LogP contribution in [-0.2, 0) is 4.79 Å². The van der Waals surface area contributed by atoms with E-state index in [2.05, 4.69) is 16.2 Å². The van der Waals surface area contributed by atoms with Gasteiger partial charge in [0.1, 0.15) is 11.6 Å². The van der Waals surface area contributed by atoms with Crippen molar-refractivity contribution in [3.63, 3.8) is 0 Å². The molecule has 1 fully saturated rings. The maximum absolute atomic E-state index is 12.2. The van der Waals surface area contributed by atoms with Gasteiger partial charge in [-0.25, -0.2) is 0 Å². The molecular formula is C15H16Cl2N4O. The van der Waals surface area contributed by atoms with E-state index in [0.717, 1.165) is 0 Å². The molecule has 7 heteroatoms. The Bertz CT molecular complexity index is 643. The van der Waals surface area contributed by atoms with Crippen molar-refractivity contribution in [3.05, 3.63) is 39.9 Å². The molecule has 1 saturated heterocycles. The van der Waals surface area contributed by atoms with E-state index in [-0.39, 0.29) is 23.6 Å². The molecule has 1 heterocycles. The molecule has 2 atom stereocenters. The topological polar surface area (TPSA) is 76.9 Å². The van der Waals surface area contributed by atoms with Gasteiger partial charge in [-0.3, -0.25) is 15.6 Å². The maximum atomic E-state index is 12.2. The number of halogens is 2. The molecule has 1 aliphatic rings. The summed E-state index contributed by atoms with van der Waals surface area (Å²) in [6.07, 6.45) is 1.68. The molecule has 2 rings (SSSR count). The third-order valence-electron chi connectivity index (χ3n) is 3.60. The zero-order chi connectivity index (χ0) is 16.3. The van der Waals surface area contributed by atoms with Crippen LogP contribution in [0.4, 0.5) is 5.69 Å². The van der Waals surface area contributed by atoms with Crippen LogP contribution in [0.1, 0.15) is 13.8 Å². The molecule has 22 heavy (non-hydrogen) atoms. The summed E-state index contributed by atoms with van der Waals surface area (Å²) in [6.45, 7) is 3.97. The monoisotopic (exact) mass is 338 g/mol. The molecule has 0 radical (unpaired) electrons. The Morgan fingerprint density at radius 2 is 1.95 bits per heavy atom. The van der Waals surface area contributed by atoms with Crippen molar-refractivity contribution < 1.29 is 4.79 Å². The fourth-order valence-corrected chi connectivity index (χ4v) is 2.77. The first-order valence-electron chi connectivity index (χ1n) is 6.81. The van der Waals surface area contributed by atoms with E-state index in [1.165, 1.54) is 6.07 Å². The Labute approximate surface area is 139 Å². The molecule has 1 aromatic carbocycles. The molecule has 0 saturated carbocycles. The van der Waals surface area contributed by atoms with Crippen LogP contribution in [0.2, 0.25) is 10.0 Å². The summed E-state index contributed by atoms with van der Waals surface area (Å²) in [7, 11) is 0. The van der Waals surface area contributed by atoms with Crippen LogP contribution < -0.4 is 16.2 Å². The van der Waals surface area contributed by atoms with Gasteiger partial charge in [-0.2, -0.15) is 5.26 Å². The van der Waals surface area contributed by atoms with Crippen LogP contribution in [0.25, 0.3) is 0 Å². The summed E-state index contributed by atoms with van der Waals surface area (Å²) in [4.78, 5) is 12.2. The first-order valence-corrected chi connectivity index (χ1v) is 7.57. The van der Waals surface area contributed by atoms with Crippen LogP contribution >= 0.6 is 23.2 Å². The van der Waals surface area contributed by atoms with Crippen molar-refractivity contribution in [2.24, 2.45) is 5.92 Å². The normalized spacial score (nSPS) is 24.9. The second-order valence-electron chi connectivity index (χ2n) is 5.21. The number of amides is 1. The Kier molecular flexibility index (Phi) is 5.43. The number of hydrogen-bond acceptors (Lipinski definition) is 4. The van der Waals surface area contributed by atoms with E-state index in [1.807, 2.05) is 19.9 Å². The second-order valence-corrected chi connectivity index (χ2v) is 6.06. The number of rotatable bonds is 3. The highest BCUT2D eigenvalue weighted by molar-refractivity contribution is 6.36. The molecule has 116 valence electrons. The number of hydrazine groups is 1. The molecule has 1 aromatic rings. The highest BCUT2D eigenvalue weighted by atomic mass is 35.5. The average Bonchev–Trinajstić information content (AvgIpc) is 2.78. The molecule has 5 nitrogen and oxygen atoms in total. The number of hydrogen-bond donors (Lipinski definition) is 3. The molecular weight excluding hydrogens is 323 g/mol. The lowest BCUT2D eigenvalue weighted by Gasteiger charge is -2.14. The van der Waals surface area contributed by atoms with E-state index in [4.69, 9.17) is 23.2 Å². The molecule has 0 spiro atoms. The summed E-state index contributed by atoms with van der Waals surface area (Å²) in [5, 5.41) is 12.7. The fraction of sp³-hybridized carbons (Fsp3) is 0.333. The van der Waals surface area contributed by atoms with Gasteiger partial charge in [0.2, 0.25) is 0 Å². The zero-order valence-electron chi connectivity index (χ0n) is 12.2. The minimum absolute atomic E-state index is 0.0427. The van der Waals surface area contributed by atoms with E-state index in [0.29, 0.717) is 15.7 Å². The number of anilines is 1. The predicted octanol–water partition coefficient (Wildman–Crippen LogP) is 2.88. The van der Waals surface area contributed by atoms with Crippen LogP contribution in [0.15, 0.2) is 29.8 Å². The van der Waals surface area contributed by atoms with E-state index < -0.39 is 5.91 Å². The van der Waals surface area contributed by atoms with Crippen molar-refractivity contribution in [2.75, 3.05) is 5.32 Å². The van der Waals surface area contributed by atoms with Gasteiger partial charge >= 0.3 is 0 Å². The maximum Gasteiger partial charge on any atom is 0.266 e. The number of nitrogens with one attached hydrogen (secondary N) is 3. The van der Waals surface area contributed by atoms with Gasteiger partial charge in [-0.15, -0.1) is 0 Å². The summed E-state index contributed by atoms with van der Waals surface area (Å²) >= 11 is 11.8. The van der Waals surface area contributed by atoms with Gasteiger partial charge in [0, 0.05) is 23.0 Å². The molecule has 0 bridgehead atoms. The van der Waals surface area contributed by atoms with Gasteiger partial charge in [-0.1, -0.05) is 29.3 Å². The van der Waals surface area contributed by atoms with Crippen LogP contribution in [0.3, 0.4) is 0 Å². The third kappa shape index (κ3) is 3.79. The highest BCUT2D eigenvalue weighted by Crippen LogP contribution is 2.26. The van der Waals surface area contributed by atoms with Crippen molar-refractivity contribution in [1.29, 1.82) is 5.26 Å². The number of nitriles is 1. The Hall–Kier alpha value is -1.58. The van der Waals surface area contributed by atoms with E-state index >= 15 is 0 Å². The first-order chi connectivity index (χ1) is 10.4. The van der Waals surface area contributed by atoms with E-state index in [1.54, 1.807) is 18.2 Å². The standard InChI is InChI=1S/C15H16Cl2N4O/c1-8-12(9(2)21-20-8)5-10(7-18)15(22)19-14-4-3-11(16)6-13(14)17/h3-6,8-9,12,20-21H,1-2H3,(H,19,22)/b10-5-. The van der Waals surface area contributed by atoms with Crippen LogP contribution in [0.5, 0.6) is 0 Å².